The normalized spacial score (nSPS) is 8.43. The number of nitrogens with zero attached hydrogens (tertiary/aromatic N) is 1. The molecule has 0 saturated carbocycles. The molecule has 0 rings (SSSR count). The standard InChI is InChI=1S/C8H15N.C3H5NO/c1-4-6-8-9(3)7-5-2;1-2-3(4)5/h4-5H,1-2,6-8H2,3H3;2H,1H2,(H2,4,5). The van der Waals surface area contributed by atoms with Gasteiger partial charge < -0.3 is 10.6 Å². The molecule has 2 N–H and O–H groups in total. The molecule has 3 nitrogen and oxygen atoms in total. The van der Waals surface area contributed by atoms with E-state index in [1.54, 1.807) is 0 Å². The molecule has 0 aliphatic heterocycles. The zero-order valence-electron chi connectivity index (χ0n) is 8.91. The van der Waals surface area contributed by atoms with Gasteiger partial charge in [0.05, 0.1) is 0 Å². The van der Waals surface area contributed by atoms with E-state index in [9.17, 15) is 4.79 Å². The van der Waals surface area contributed by atoms with Crippen LogP contribution in [-0.4, -0.2) is 30.9 Å². The minimum atomic E-state index is -0.481. The second-order valence-electron chi connectivity index (χ2n) is 2.73. The molecule has 0 unspecified atom stereocenters. The molecule has 0 spiro atoms. The van der Waals surface area contributed by atoms with Gasteiger partial charge in [0, 0.05) is 13.1 Å². The molecule has 3 heteroatoms. The van der Waals surface area contributed by atoms with E-state index in [1.165, 1.54) is 0 Å². The number of hydrogen-bond donors (Lipinski definition) is 1. The van der Waals surface area contributed by atoms with Crippen molar-refractivity contribution in [3.05, 3.63) is 38.0 Å². The molecule has 0 aromatic rings. The van der Waals surface area contributed by atoms with Gasteiger partial charge in [0.1, 0.15) is 0 Å². The fourth-order valence-corrected chi connectivity index (χ4v) is 0.623. The number of carbonyl (C=O) groups is 1. The summed E-state index contributed by atoms with van der Waals surface area (Å²) in [6, 6.07) is 0. The molecule has 0 aromatic carbocycles. The number of likely N-dealkylation sites (N-methyl/N-ethyl adjacent to an activating group) is 1. The summed E-state index contributed by atoms with van der Waals surface area (Å²) < 4.78 is 0. The van der Waals surface area contributed by atoms with Gasteiger partial charge in [0.15, 0.2) is 0 Å². The monoisotopic (exact) mass is 196 g/mol. The van der Waals surface area contributed by atoms with Crippen LogP contribution < -0.4 is 5.73 Å². The van der Waals surface area contributed by atoms with Gasteiger partial charge in [0.2, 0.25) is 5.91 Å². The fourth-order valence-electron chi connectivity index (χ4n) is 0.623. The average molecular weight is 196 g/mol. The Balaban J connectivity index is 0. The van der Waals surface area contributed by atoms with E-state index < -0.39 is 5.91 Å². The first-order valence-electron chi connectivity index (χ1n) is 4.40. The first kappa shape index (κ1) is 15.1. The van der Waals surface area contributed by atoms with E-state index in [2.05, 4.69) is 37.4 Å². The van der Waals surface area contributed by atoms with E-state index in [0.717, 1.165) is 25.6 Å². The van der Waals surface area contributed by atoms with E-state index in [-0.39, 0.29) is 0 Å². The van der Waals surface area contributed by atoms with E-state index in [1.807, 2.05) is 12.2 Å². The molecule has 0 bridgehead atoms. The van der Waals surface area contributed by atoms with Gasteiger partial charge in [-0.25, -0.2) is 0 Å². The lowest BCUT2D eigenvalue weighted by Gasteiger charge is -2.11. The second kappa shape index (κ2) is 11.6. The van der Waals surface area contributed by atoms with Crippen LogP contribution in [0.5, 0.6) is 0 Å². The highest BCUT2D eigenvalue weighted by Gasteiger charge is 1.89. The molecule has 14 heavy (non-hydrogen) atoms. The molecule has 0 aliphatic rings. The van der Waals surface area contributed by atoms with Crippen molar-refractivity contribution in [2.45, 2.75) is 6.42 Å². The van der Waals surface area contributed by atoms with Crippen LogP contribution in [-0.2, 0) is 4.79 Å². The molecule has 0 aromatic heterocycles. The molecule has 0 aliphatic carbocycles. The largest absolute Gasteiger partial charge is 0.366 e. The molecular formula is C11H20N2O. The molecule has 80 valence electrons. The molecule has 0 heterocycles. The maximum atomic E-state index is 9.47. The third kappa shape index (κ3) is 16.9. The predicted molar refractivity (Wildman–Crippen MR) is 61.9 cm³/mol. The Hall–Kier alpha value is -1.35. The Labute approximate surface area is 86.6 Å². The molecule has 0 fully saturated rings. The van der Waals surface area contributed by atoms with E-state index in [4.69, 9.17) is 0 Å². The zero-order chi connectivity index (χ0) is 11.4. The summed E-state index contributed by atoms with van der Waals surface area (Å²) in [6.07, 6.45) is 5.95. The topological polar surface area (TPSA) is 46.3 Å². The van der Waals surface area contributed by atoms with Crippen LogP contribution in [0.1, 0.15) is 6.42 Å². The number of carbonyl (C=O) groups excluding carboxylic acids is 1. The van der Waals surface area contributed by atoms with E-state index in [0.29, 0.717) is 0 Å². The first-order valence-corrected chi connectivity index (χ1v) is 4.40. The second-order valence-corrected chi connectivity index (χ2v) is 2.73. The van der Waals surface area contributed by atoms with Gasteiger partial charge >= 0.3 is 0 Å². The minimum absolute atomic E-state index is 0.481. The van der Waals surface area contributed by atoms with Crippen LogP contribution in [0.25, 0.3) is 0 Å². The molecule has 1 amide bonds. The minimum Gasteiger partial charge on any atom is -0.366 e. The van der Waals surface area contributed by atoms with Crippen molar-refractivity contribution in [1.29, 1.82) is 0 Å². The summed E-state index contributed by atoms with van der Waals surface area (Å²) in [4.78, 5) is 11.7. The highest BCUT2D eigenvalue weighted by atomic mass is 16.1. The summed E-state index contributed by atoms with van der Waals surface area (Å²) in [5, 5.41) is 0. The summed E-state index contributed by atoms with van der Waals surface area (Å²) in [7, 11) is 2.07. The van der Waals surface area contributed by atoms with Crippen LogP contribution in [0.4, 0.5) is 0 Å². The molecular weight excluding hydrogens is 176 g/mol. The number of nitrogens with two attached hydrogens (primary N) is 1. The van der Waals surface area contributed by atoms with Crippen molar-refractivity contribution < 1.29 is 4.79 Å². The van der Waals surface area contributed by atoms with Crippen molar-refractivity contribution in [1.82, 2.24) is 4.90 Å². The Morgan fingerprint density at radius 1 is 1.36 bits per heavy atom. The van der Waals surface area contributed by atoms with Crippen molar-refractivity contribution in [2.24, 2.45) is 5.73 Å². The van der Waals surface area contributed by atoms with Crippen molar-refractivity contribution in [3.8, 4) is 0 Å². The summed E-state index contributed by atoms with van der Waals surface area (Å²) in [5.74, 6) is -0.481. The van der Waals surface area contributed by atoms with Crippen LogP contribution >= 0.6 is 0 Å². The highest BCUT2D eigenvalue weighted by molar-refractivity contribution is 5.84. The SMILES string of the molecule is C=CC(N)=O.C=CCCN(C)CC=C. The maximum Gasteiger partial charge on any atom is 0.240 e. The van der Waals surface area contributed by atoms with Crippen LogP contribution in [0.3, 0.4) is 0 Å². The quantitative estimate of drug-likeness (QED) is 0.514. The highest BCUT2D eigenvalue weighted by Crippen LogP contribution is 1.86. The maximum absolute atomic E-state index is 9.47. The predicted octanol–water partition coefficient (Wildman–Crippen LogP) is 1.34. The lowest BCUT2D eigenvalue weighted by atomic mass is 10.4. The van der Waals surface area contributed by atoms with Crippen molar-refractivity contribution >= 4 is 5.91 Å². The Bertz CT molecular complexity index is 188. The smallest absolute Gasteiger partial charge is 0.240 e. The van der Waals surface area contributed by atoms with Crippen molar-refractivity contribution in [2.75, 3.05) is 20.1 Å². The van der Waals surface area contributed by atoms with E-state index >= 15 is 0 Å². The fraction of sp³-hybridized carbons (Fsp3) is 0.364. The number of hydrogen-bond acceptors (Lipinski definition) is 2. The third-order valence-corrected chi connectivity index (χ3v) is 1.36. The number of primary amides is 1. The van der Waals surface area contributed by atoms with Gasteiger partial charge in [-0.05, 0) is 19.5 Å². The summed E-state index contributed by atoms with van der Waals surface area (Å²) >= 11 is 0. The van der Waals surface area contributed by atoms with Gasteiger partial charge in [-0.3, -0.25) is 4.79 Å². The Kier molecular flexibility index (Phi) is 12.6. The average Bonchev–Trinajstić information content (AvgIpc) is 2.16. The summed E-state index contributed by atoms with van der Waals surface area (Å²) in [5.41, 5.74) is 4.53. The van der Waals surface area contributed by atoms with Gasteiger partial charge in [-0.2, -0.15) is 0 Å². The molecule has 0 saturated heterocycles. The lowest BCUT2D eigenvalue weighted by molar-refractivity contribution is -0.113. The zero-order valence-corrected chi connectivity index (χ0v) is 8.91. The van der Waals surface area contributed by atoms with Gasteiger partial charge in [-0.1, -0.05) is 18.7 Å². The Morgan fingerprint density at radius 2 is 1.86 bits per heavy atom. The number of amides is 1. The third-order valence-electron chi connectivity index (χ3n) is 1.36. The van der Waals surface area contributed by atoms with Gasteiger partial charge in [0.25, 0.3) is 0 Å². The Morgan fingerprint density at radius 3 is 2.14 bits per heavy atom. The first-order chi connectivity index (χ1) is 6.58. The van der Waals surface area contributed by atoms with Crippen LogP contribution in [0, 0.1) is 0 Å². The van der Waals surface area contributed by atoms with Gasteiger partial charge in [-0.15, -0.1) is 13.2 Å². The van der Waals surface area contributed by atoms with Crippen LogP contribution in [0.15, 0.2) is 38.0 Å². The summed E-state index contributed by atoms with van der Waals surface area (Å²) in [6.45, 7) is 12.4. The lowest BCUT2D eigenvalue weighted by Crippen LogP contribution is -2.18. The number of rotatable bonds is 6. The molecule has 0 atom stereocenters. The molecule has 0 radical (unpaired) electrons. The van der Waals surface area contributed by atoms with Crippen LogP contribution in [0.2, 0.25) is 0 Å². The van der Waals surface area contributed by atoms with Crippen molar-refractivity contribution in [3.63, 3.8) is 0 Å².